The molecule has 0 unspecified atom stereocenters. The van der Waals surface area contributed by atoms with E-state index in [0.29, 0.717) is 13.0 Å². The molecule has 1 atom stereocenters. The first-order chi connectivity index (χ1) is 8.08. The van der Waals surface area contributed by atoms with Crippen LogP contribution in [0.2, 0.25) is 0 Å². The summed E-state index contributed by atoms with van der Waals surface area (Å²) in [5.41, 5.74) is 2.17. The summed E-state index contributed by atoms with van der Waals surface area (Å²) < 4.78 is 0. The number of nitrogens with zero attached hydrogens (tertiary/aromatic N) is 1. The molecule has 0 fully saturated rings. The number of aryl methyl sites for hydroxylation is 1. The van der Waals surface area contributed by atoms with Crippen molar-refractivity contribution in [3.8, 4) is 0 Å². The fourth-order valence-corrected chi connectivity index (χ4v) is 1.74. The third-order valence-corrected chi connectivity index (χ3v) is 2.73. The summed E-state index contributed by atoms with van der Waals surface area (Å²) in [5.74, 6) is -0.866. The predicted octanol–water partition coefficient (Wildman–Crippen LogP) is 1.87. The van der Waals surface area contributed by atoms with Crippen LogP contribution in [0.3, 0.4) is 0 Å². The number of carbonyl (C=O) groups is 1. The average molecular weight is 237 g/mol. The van der Waals surface area contributed by atoms with Gasteiger partial charge in [0, 0.05) is 13.0 Å². The van der Waals surface area contributed by atoms with Gasteiger partial charge in [0.15, 0.2) is 0 Å². The zero-order valence-electron chi connectivity index (χ0n) is 10.5. The number of hydrogen-bond acceptors (Lipinski definition) is 3. The summed E-state index contributed by atoms with van der Waals surface area (Å²) in [6.07, 6.45) is 0.442. The van der Waals surface area contributed by atoms with E-state index in [-0.39, 0.29) is 0 Å². The third-order valence-electron chi connectivity index (χ3n) is 2.73. The molecule has 0 aromatic heterocycles. The van der Waals surface area contributed by atoms with Gasteiger partial charge < -0.3 is 9.94 Å². The number of hydroxylamine groups is 2. The Bertz CT molecular complexity index is 357. The van der Waals surface area contributed by atoms with E-state index >= 15 is 0 Å². The molecule has 0 aliphatic heterocycles. The Morgan fingerprint density at radius 1 is 1.41 bits per heavy atom. The van der Waals surface area contributed by atoms with Crippen molar-refractivity contribution in [2.45, 2.75) is 26.3 Å². The van der Waals surface area contributed by atoms with E-state index < -0.39 is 12.0 Å². The number of rotatable bonds is 6. The van der Waals surface area contributed by atoms with Crippen LogP contribution in [0.25, 0.3) is 0 Å². The second kappa shape index (κ2) is 6.37. The molecule has 0 aliphatic carbocycles. The van der Waals surface area contributed by atoms with Gasteiger partial charge in [0.1, 0.15) is 6.04 Å². The zero-order valence-corrected chi connectivity index (χ0v) is 10.5. The molecule has 0 saturated carbocycles. The monoisotopic (exact) mass is 237 g/mol. The molecule has 1 rings (SSSR count). The molecule has 17 heavy (non-hydrogen) atoms. The van der Waals surface area contributed by atoms with E-state index in [4.69, 9.17) is 4.84 Å². The molecule has 1 N–H and O–H groups in total. The van der Waals surface area contributed by atoms with E-state index in [1.807, 2.05) is 38.1 Å². The van der Waals surface area contributed by atoms with E-state index in [1.165, 1.54) is 17.7 Å². The Morgan fingerprint density at radius 2 is 2.00 bits per heavy atom. The minimum absolute atomic E-state index is 0.442. The molecule has 0 radical (unpaired) electrons. The minimum Gasteiger partial charge on any atom is -0.480 e. The molecule has 0 saturated heterocycles. The smallest absolute Gasteiger partial charge is 0.323 e. The lowest BCUT2D eigenvalue weighted by Gasteiger charge is -2.25. The fourth-order valence-electron chi connectivity index (χ4n) is 1.74. The minimum atomic E-state index is -0.866. The Morgan fingerprint density at radius 3 is 2.41 bits per heavy atom. The van der Waals surface area contributed by atoms with Crippen molar-refractivity contribution < 1.29 is 14.7 Å². The topological polar surface area (TPSA) is 49.8 Å². The summed E-state index contributed by atoms with van der Waals surface area (Å²) in [6.45, 7) is 4.42. The molecular weight excluding hydrogens is 218 g/mol. The van der Waals surface area contributed by atoms with Crippen LogP contribution in [-0.2, 0) is 16.1 Å². The fraction of sp³-hybridized carbons (Fsp3) is 0.462. The second-order valence-corrected chi connectivity index (χ2v) is 3.96. The molecule has 0 bridgehead atoms. The second-order valence-electron chi connectivity index (χ2n) is 3.96. The maximum Gasteiger partial charge on any atom is 0.323 e. The number of hydrogen-bond donors (Lipinski definition) is 1. The van der Waals surface area contributed by atoms with Crippen LogP contribution in [0.15, 0.2) is 24.3 Å². The summed E-state index contributed by atoms with van der Waals surface area (Å²) in [7, 11) is 1.49. The van der Waals surface area contributed by atoms with E-state index in [9.17, 15) is 9.90 Å². The van der Waals surface area contributed by atoms with Crippen LogP contribution in [0.5, 0.6) is 0 Å². The Balaban J connectivity index is 2.79. The highest BCUT2D eigenvalue weighted by Crippen LogP contribution is 2.11. The van der Waals surface area contributed by atoms with Gasteiger partial charge in [-0.2, -0.15) is 5.06 Å². The van der Waals surface area contributed by atoms with E-state index in [2.05, 4.69) is 0 Å². The molecule has 4 nitrogen and oxygen atoms in total. The number of carboxylic acid groups (broad SMARTS) is 1. The summed E-state index contributed by atoms with van der Waals surface area (Å²) in [6, 6.07) is 7.23. The van der Waals surface area contributed by atoms with Gasteiger partial charge in [-0.05, 0) is 12.5 Å². The van der Waals surface area contributed by atoms with Gasteiger partial charge in [-0.1, -0.05) is 36.8 Å². The molecule has 0 heterocycles. The highest BCUT2D eigenvalue weighted by molar-refractivity contribution is 5.73. The molecule has 4 heteroatoms. The average Bonchev–Trinajstić information content (AvgIpc) is 2.31. The van der Waals surface area contributed by atoms with Crippen LogP contribution in [0, 0.1) is 6.92 Å². The first-order valence-corrected chi connectivity index (χ1v) is 5.67. The van der Waals surface area contributed by atoms with E-state index in [0.717, 1.165) is 5.56 Å². The SMILES string of the molecule is CCN(OC)[C@@H](Cc1ccc(C)cc1)C(=O)O. The zero-order chi connectivity index (χ0) is 12.8. The lowest BCUT2D eigenvalue weighted by Crippen LogP contribution is -2.41. The Kier molecular flexibility index (Phi) is 5.12. The third kappa shape index (κ3) is 3.84. The Hall–Kier alpha value is -1.39. The summed E-state index contributed by atoms with van der Waals surface area (Å²) in [4.78, 5) is 16.3. The first-order valence-electron chi connectivity index (χ1n) is 5.67. The van der Waals surface area contributed by atoms with Gasteiger partial charge in [0.2, 0.25) is 0 Å². The van der Waals surface area contributed by atoms with Crippen molar-refractivity contribution in [3.63, 3.8) is 0 Å². The van der Waals surface area contributed by atoms with Gasteiger partial charge in [0.05, 0.1) is 7.11 Å². The predicted molar refractivity (Wildman–Crippen MR) is 65.7 cm³/mol. The molecule has 1 aromatic carbocycles. The van der Waals surface area contributed by atoms with Gasteiger partial charge in [-0.25, -0.2) is 0 Å². The Labute approximate surface area is 102 Å². The van der Waals surface area contributed by atoms with Crippen LogP contribution < -0.4 is 0 Å². The molecule has 0 aliphatic rings. The molecule has 0 amide bonds. The highest BCUT2D eigenvalue weighted by Gasteiger charge is 2.24. The first kappa shape index (κ1) is 13.7. The van der Waals surface area contributed by atoms with Crippen molar-refractivity contribution in [2.24, 2.45) is 0 Å². The normalized spacial score (nSPS) is 12.7. The maximum atomic E-state index is 11.2. The number of likely N-dealkylation sites (N-methyl/N-ethyl adjacent to an activating group) is 1. The quantitative estimate of drug-likeness (QED) is 0.767. The maximum absolute atomic E-state index is 11.2. The van der Waals surface area contributed by atoms with Crippen LogP contribution >= 0.6 is 0 Å². The molecular formula is C13H19NO3. The summed E-state index contributed by atoms with van der Waals surface area (Å²) >= 11 is 0. The van der Waals surface area contributed by atoms with Crippen molar-refractivity contribution in [1.29, 1.82) is 0 Å². The van der Waals surface area contributed by atoms with Gasteiger partial charge in [0.25, 0.3) is 0 Å². The number of carboxylic acids is 1. The molecule has 94 valence electrons. The van der Waals surface area contributed by atoms with Gasteiger partial charge >= 0.3 is 5.97 Å². The van der Waals surface area contributed by atoms with Crippen molar-refractivity contribution >= 4 is 5.97 Å². The van der Waals surface area contributed by atoms with E-state index in [1.54, 1.807) is 0 Å². The van der Waals surface area contributed by atoms with Crippen LogP contribution in [0.4, 0.5) is 0 Å². The van der Waals surface area contributed by atoms with Crippen LogP contribution in [0.1, 0.15) is 18.1 Å². The van der Waals surface area contributed by atoms with Crippen molar-refractivity contribution in [2.75, 3.05) is 13.7 Å². The lowest BCUT2D eigenvalue weighted by molar-refractivity contribution is -0.182. The molecule has 1 aromatic rings. The van der Waals surface area contributed by atoms with Crippen molar-refractivity contribution in [3.05, 3.63) is 35.4 Å². The van der Waals surface area contributed by atoms with Gasteiger partial charge in [-0.15, -0.1) is 0 Å². The largest absolute Gasteiger partial charge is 0.480 e. The number of aliphatic carboxylic acids is 1. The van der Waals surface area contributed by atoms with Gasteiger partial charge in [-0.3, -0.25) is 4.79 Å². The van der Waals surface area contributed by atoms with Crippen LogP contribution in [-0.4, -0.2) is 35.8 Å². The van der Waals surface area contributed by atoms with Crippen molar-refractivity contribution in [1.82, 2.24) is 5.06 Å². The standard InChI is InChI=1S/C13H19NO3/c1-4-14(17-3)12(13(15)16)9-11-7-5-10(2)6-8-11/h5-8,12H,4,9H2,1-3H3,(H,15,16)/t12-/m0/s1. The lowest BCUT2D eigenvalue weighted by atomic mass is 10.0. The molecule has 0 spiro atoms. The highest BCUT2D eigenvalue weighted by atomic mass is 16.7. The number of benzene rings is 1. The summed E-state index contributed by atoms with van der Waals surface area (Å²) in [5, 5.41) is 10.7.